The fourth-order valence-electron chi connectivity index (χ4n) is 3.83. The number of Topliss-reactive ketones (excluding diaryl/α,β-unsaturated/α-hetero) is 1. The summed E-state index contributed by atoms with van der Waals surface area (Å²) in [5.74, 6) is 0.828. The van der Waals surface area contributed by atoms with Crippen molar-refractivity contribution in [1.29, 1.82) is 0 Å². The van der Waals surface area contributed by atoms with E-state index in [-0.39, 0.29) is 22.4 Å². The Morgan fingerprint density at radius 1 is 1.42 bits per heavy atom. The van der Waals surface area contributed by atoms with Gasteiger partial charge in [-0.25, -0.2) is 4.98 Å². The zero-order chi connectivity index (χ0) is 18.9. The second kappa shape index (κ2) is 7.31. The normalized spacial score (nSPS) is 19.4. The van der Waals surface area contributed by atoms with Crippen LogP contribution in [0.15, 0.2) is 12.3 Å². The highest BCUT2D eigenvalue weighted by molar-refractivity contribution is 5.91. The fraction of sp³-hybridized carbons (Fsp3) is 0.684. The average molecular weight is 361 g/mol. The largest absolute Gasteiger partial charge is 0.381 e. The van der Waals surface area contributed by atoms with E-state index in [1.54, 1.807) is 19.2 Å². The van der Waals surface area contributed by atoms with E-state index in [1.165, 1.54) is 0 Å². The SMILES string of the molecule is CC(=O)C1(c2cnc(N(CC(C)C)C3CCOCC3)c([N+](=O)[O-])c2)CC1. The summed E-state index contributed by atoms with van der Waals surface area (Å²) < 4.78 is 5.45. The number of hydrogen-bond acceptors (Lipinski definition) is 6. The summed E-state index contributed by atoms with van der Waals surface area (Å²) in [6, 6.07) is 1.76. The molecular formula is C19H27N3O4. The van der Waals surface area contributed by atoms with Crippen LogP contribution >= 0.6 is 0 Å². The maximum absolute atomic E-state index is 12.0. The lowest BCUT2D eigenvalue weighted by atomic mass is 9.93. The molecule has 0 atom stereocenters. The number of ketones is 1. The van der Waals surface area contributed by atoms with Crippen molar-refractivity contribution >= 4 is 17.3 Å². The van der Waals surface area contributed by atoms with Crippen molar-refractivity contribution in [2.24, 2.45) is 5.92 Å². The van der Waals surface area contributed by atoms with Crippen molar-refractivity contribution < 1.29 is 14.5 Å². The highest BCUT2D eigenvalue weighted by atomic mass is 16.6. The van der Waals surface area contributed by atoms with Crippen LogP contribution in [0.3, 0.4) is 0 Å². The van der Waals surface area contributed by atoms with E-state index in [2.05, 4.69) is 23.7 Å². The monoisotopic (exact) mass is 361 g/mol. The zero-order valence-corrected chi connectivity index (χ0v) is 15.7. The molecule has 1 aliphatic carbocycles. The van der Waals surface area contributed by atoms with E-state index < -0.39 is 5.41 Å². The van der Waals surface area contributed by atoms with Gasteiger partial charge in [0.05, 0.1) is 10.3 Å². The Kier molecular flexibility index (Phi) is 5.27. The molecule has 1 aromatic rings. The van der Waals surface area contributed by atoms with Crippen molar-refractivity contribution in [3.05, 3.63) is 27.9 Å². The van der Waals surface area contributed by atoms with Crippen molar-refractivity contribution in [1.82, 2.24) is 4.98 Å². The van der Waals surface area contributed by atoms with Gasteiger partial charge in [0.1, 0.15) is 5.78 Å². The summed E-state index contributed by atoms with van der Waals surface area (Å²) in [6.07, 6.45) is 4.84. The quantitative estimate of drug-likeness (QED) is 0.547. The Balaban J connectivity index is 2.00. The van der Waals surface area contributed by atoms with E-state index in [1.807, 2.05) is 0 Å². The van der Waals surface area contributed by atoms with Gasteiger partial charge in [-0.15, -0.1) is 0 Å². The van der Waals surface area contributed by atoms with Gasteiger partial charge in [0.15, 0.2) is 0 Å². The summed E-state index contributed by atoms with van der Waals surface area (Å²) >= 11 is 0. The van der Waals surface area contributed by atoms with E-state index in [4.69, 9.17) is 4.74 Å². The van der Waals surface area contributed by atoms with Crippen LogP contribution in [-0.4, -0.2) is 41.5 Å². The molecule has 7 nitrogen and oxygen atoms in total. The molecule has 1 aliphatic heterocycles. The topological polar surface area (TPSA) is 85.6 Å². The maximum Gasteiger partial charge on any atom is 0.311 e. The third kappa shape index (κ3) is 3.58. The lowest BCUT2D eigenvalue weighted by Crippen LogP contribution is -2.42. The molecule has 2 aliphatic rings. The van der Waals surface area contributed by atoms with Gasteiger partial charge < -0.3 is 9.64 Å². The van der Waals surface area contributed by atoms with E-state index >= 15 is 0 Å². The van der Waals surface area contributed by atoms with Crippen molar-refractivity contribution in [2.45, 2.75) is 57.9 Å². The maximum atomic E-state index is 12.0. The van der Waals surface area contributed by atoms with Crippen LogP contribution in [0.4, 0.5) is 11.5 Å². The number of carbonyl (C=O) groups is 1. The van der Waals surface area contributed by atoms with E-state index in [0.717, 1.165) is 25.7 Å². The first-order chi connectivity index (χ1) is 12.3. The number of nitrogens with zero attached hydrogens (tertiary/aromatic N) is 3. The minimum atomic E-state index is -0.558. The first-order valence-corrected chi connectivity index (χ1v) is 9.35. The van der Waals surface area contributed by atoms with Crippen LogP contribution in [0.2, 0.25) is 0 Å². The number of rotatable bonds is 7. The zero-order valence-electron chi connectivity index (χ0n) is 15.7. The number of anilines is 1. The van der Waals surface area contributed by atoms with Gasteiger partial charge in [-0.05, 0) is 44.1 Å². The molecule has 26 heavy (non-hydrogen) atoms. The summed E-state index contributed by atoms with van der Waals surface area (Å²) in [4.78, 5) is 30.0. The third-order valence-electron chi connectivity index (χ3n) is 5.49. The van der Waals surface area contributed by atoms with Gasteiger partial charge in [-0.1, -0.05) is 13.8 Å². The molecule has 2 fully saturated rings. The van der Waals surface area contributed by atoms with E-state index in [9.17, 15) is 14.9 Å². The molecule has 1 saturated carbocycles. The summed E-state index contributed by atoms with van der Waals surface area (Å²) in [7, 11) is 0. The molecular weight excluding hydrogens is 334 g/mol. The molecule has 0 aromatic carbocycles. The molecule has 142 valence electrons. The van der Waals surface area contributed by atoms with Gasteiger partial charge in [0.2, 0.25) is 5.82 Å². The van der Waals surface area contributed by atoms with Gasteiger partial charge in [0, 0.05) is 38.1 Å². The minimum absolute atomic E-state index is 0.00201. The highest BCUT2D eigenvalue weighted by Gasteiger charge is 2.50. The lowest BCUT2D eigenvalue weighted by Gasteiger charge is -2.36. The van der Waals surface area contributed by atoms with Crippen LogP contribution < -0.4 is 4.90 Å². The highest BCUT2D eigenvalue weighted by Crippen LogP contribution is 2.50. The molecule has 1 aromatic heterocycles. The van der Waals surface area contributed by atoms with Crippen LogP contribution in [0, 0.1) is 16.0 Å². The Labute approximate surface area is 153 Å². The number of hydrogen-bond donors (Lipinski definition) is 0. The minimum Gasteiger partial charge on any atom is -0.381 e. The predicted molar refractivity (Wildman–Crippen MR) is 98.5 cm³/mol. The number of nitro groups is 1. The molecule has 3 rings (SSSR count). The molecule has 0 bridgehead atoms. The number of aromatic nitrogens is 1. The standard InChI is InChI=1S/C19H27N3O4/c1-13(2)12-21(16-4-8-26-9-5-16)18-17(22(24)25)10-15(11-20-18)19(6-7-19)14(3)23/h10-11,13,16H,4-9,12H2,1-3H3. The Hall–Kier alpha value is -2.02. The second-order valence-corrected chi connectivity index (χ2v) is 7.85. The molecule has 7 heteroatoms. The average Bonchev–Trinajstić information content (AvgIpc) is 3.42. The fourth-order valence-corrected chi connectivity index (χ4v) is 3.83. The number of ether oxygens (including phenoxy) is 1. The van der Waals surface area contributed by atoms with Crippen molar-refractivity contribution in [3.63, 3.8) is 0 Å². The molecule has 1 saturated heterocycles. The molecule has 0 unspecified atom stereocenters. The second-order valence-electron chi connectivity index (χ2n) is 7.85. The number of pyridine rings is 1. The summed E-state index contributed by atoms with van der Waals surface area (Å²) in [5.41, 5.74) is 0.122. The molecule has 0 radical (unpaired) electrons. The lowest BCUT2D eigenvalue weighted by molar-refractivity contribution is -0.384. The van der Waals surface area contributed by atoms with Gasteiger partial charge in [0.25, 0.3) is 0 Å². The molecule has 0 spiro atoms. The summed E-state index contributed by atoms with van der Waals surface area (Å²) in [6.45, 7) is 7.79. The van der Waals surface area contributed by atoms with Crippen molar-refractivity contribution in [2.75, 3.05) is 24.7 Å². The predicted octanol–water partition coefficient (Wildman–Crippen LogP) is 3.25. The van der Waals surface area contributed by atoms with Gasteiger partial charge in [-0.2, -0.15) is 0 Å². The first-order valence-electron chi connectivity index (χ1n) is 9.35. The molecule has 0 amide bonds. The van der Waals surface area contributed by atoms with Gasteiger partial charge >= 0.3 is 5.69 Å². The Morgan fingerprint density at radius 2 is 2.08 bits per heavy atom. The van der Waals surface area contributed by atoms with Crippen LogP contribution in [0.25, 0.3) is 0 Å². The Bertz CT molecular complexity index is 694. The van der Waals surface area contributed by atoms with Crippen molar-refractivity contribution in [3.8, 4) is 0 Å². The third-order valence-corrected chi connectivity index (χ3v) is 5.49. The van der Waals surface area contributed by atoms with E-state index in [0.29, 0.717) is 37.1 Å². The Morgan fingerprint density at radius 3 is 2.58 bits per heavy atom. The molecule has 2 heterocycles. The smallest absolute Gasteiger partial charge is 0.311 e. The first kappa shape index (κ1) is 18.8. The summed E-state index contributed by atoms with van der Waals surface area (Å²) in [5, 5.41) is 11.8. The van der Waals surface area contributed by atoms with Crippen LogP contribution in [-0.2, 0) is 14.9 Å². The number of carbonyl (C=O) groups excluding carboxylic acids is 1. The van der Waals surface area contributed by atoms with Gasteiger partial charge in [-0.3, -0.25) is 14.9 Å². The molecule has 0 N–H and O–H groups in total. The van der Waals surface area contributed by atoms with Crippen LogP contribution in [0.5, 0.6) is 0 Å². The van der Waals surface area contributed by atoms with Crippen LogP contribution in [0.1, 0.15) is 52.0 Å².